The zero-order valence-electron chi connectivity index (χ0n) is 16.0. The third-order valence-corrected chi connectivity index (χ3v) is 4.16. The van der Waals surface area contributed by atoms with E-state index < -0.39 is 6.68 Å². The summed E-state index contributed by atoms with van der Waals surface area (Å²) in [5.41, 5.74) is 4.86. The quantitative estimate of drug-likeness (QED) is 0.320. The molecule has 0 spiro atoms. The summed E-state index contributed by atoms with van der Waals surface area (Å²) < 4.78 is 34.9. The minimum absolute atomic E-state index is 0. The number of rotatable bonds is 4. The van der Waals surface area contributed by atoms with Gasteiger partial charge in [0.1, 0.15) is 11.5 Å². The van der Waals surface area contributed by atoms with Crippen LogP contribution in [0.15, 0.2) is 109 Å². The van der Waals surface area contributed by atoms with E-state index in [-0.39, 0.29) is 13.5 Å². The molecule has 0 heterocycles. The Labute approximate surface area is 181 Å². The van der Waals surface area contributed by atoms with Crippen molar-refractivity contribution in [2.75, 3.05) is 0 Å². The maximum absolute atomic E-state index is 9.67. The van der Waals surface area contributed by atoms with E-state index in [0.717, 1.165) is 11.5 Å². The fourth-order valence-corrected chi connectivity index (χ4v) is 2.93. The van der Waals surface area contributed by atoms with Crippen LogP contribution in [0.25, 0.3) is 22.3 Å². The molecule has 4 rings (SSSR count). The molecule has 0 bridgehead atoms. The van der Waals surface area contributed by atoms with Gasteiger partial charge in [-0.15, -0.1) is 0 Å². The Morgan fingerprint density at radius 3 is 1.33 bits per heavy atom. The molecular weight excluding hydrogens is 405 g/mol. The highest BCUT2D eigenvalue weighted by Crippen LogP contribution is 2.33. The standard InChI is InChI=1S/C24H18O.CHF3.H2S/c1-3-9-19(10-4-1)23-13-7-8-14-24(23)20-15-17-22(18-16-20)25-21-11-5-2-6-12-21;2-1(3)4;/h1-18H;1H;1H2. The summed E-state index contributed by atoms with van der Waals surface area (Å²) in [6, 6.07) is 37.1. The zero-order valence-corrected chi connectivity index (χ0v) is 17.0. The fourth-order valence-electron chi connectivity index (χ4n) is 2.93. The summed E-state index contributed by atoms with van der Waals surface area (Å²) in [4.78, 5) is 0. The van der Waals surface area contributed by atoms with Gasteiger partial charge in [0.05, 0.1) is 0 Å². The van der Waals surface area contributed by atoms with Crippen molar-refractivity contribution in [1.29, 1.82) is 0 Å². The third kappa shape index (κ3) is 6.71. The average Bonchev–Trinajstić information content (AvgIpc) is 2.75. The second-order valence-electron chi connectivity index (χ2n) is 6.10. The van der Waals surface area contributed by atoms with E-state index in [9.17, 15) is 13.2 Å². The van der Waals surface area contributed by atoms with Crippen molar-refractivity contribution in [2.45, 2.75) is 6.68 Å². The molecule has 0 amide bonds. The third-order valence-electron chi connectivity index (χ3n) is 4.16. The van der Waals surface area contributed by atoms with Crippen molar-refractivity contribution in [3.8, 4) is 33.8 Å². The molecule has 30 heavy (non-hydrogen) atoms. The number of para-hydroxylation sites is 1. The van der Waals surface area contributed by atoms with E-state index >= 15 is 0 Å². The van der Waals surface area contributed by atoms with E-state index in [1.165, 1.54) is 22.3 Å². The number of ether oxygens (including phenoxy) is 1. The maximum Gasteiger partial charge on any atom is 0.379 e. The van der Waals surface area contributed by atoms with Gasteiger partial charge in [-0.3, -0.25) is 0 Å². The summed E-state index contributed by atoms with van der Waals surface area (Å²) in [5, 5.41) is 0. The molecule has 0 radical (unpaired) electrons. The van der Waals surface area contributed by atoms with Crippen LogP contribution in [0, 0.1) is 0 Å². The minimum atomic E-state index is -3.67. The van der Waals surface area contributed by atoms with E-state index in [2.05, 4.69) is 60.7 Å². The van der Waals surface area contributed by atoms with E-state index in [1.807, 2.05) is 48.5 Å². The number of benzene rings is 4. The predicted molar refractivity (Wildman–Crippen MR) is 121 cm³/mol. The molecule has 0 fully saturated rings. The summed E-state index contributed by atoms with van der Waals surface area (Å²) in [6.45, 7) is -3.67. The highest BCUT2D eigenvalue weighted by Gasteiger charge is 2.07. The Bertz CT molecular complexity index is 1000. The highest BCUT2D eigenvalue weighted by atomic mass is 32.1. The summed E-state index contributed by atoms with van der Waals surface area (Å²) in [7, 11) is 0. The van der Waals surface area contributed by atoms with E-state index in [1.54, 1.807) is 0 Å². The first-order valence-electron chi connectivity index (χ1n) is 9.03. The molecular formula is C25H21F3OS. The first-order valence-corrected chi connectivity index (χ1v) is 9.03. The molecule has 1 nitrogen and oxygen atoms in total. The van der Waals surface area contributed by atoms with Gasteiger partial charge in [0.2, 0.25) is 0 Å². The molecule has 0 aliphatic carbocycles. The highest BCUT2D eigenvalue weighted by molar-refractivity contribution is 7.59. The van der Waals surface area contributed by atoms with Gasteiger partial charge in [-0.25, -0.2) is 0 Å². The number of hydrogen-bond donors (Lipinski definition) is 0. The summed E-state index contributed by atoms with van der Waals surface area (Å²) in [5.74, 6) is 1.69. The summed E-state index contributed by atoms with van der Waals surface area (Å²) in [6.07, 6.45) is 0. The van der Waals surface area contributed by atoms with Crippen molar-refractivity contribution in [3.05, 3.63) is 109 Å². The zero-order chi connectivity index (χ0) is 20.5. The number of halogens is 3. The Balaban J connectivity index is 0.000000591. The van der Waals surface area contributed by atoms with Gasteiger partial charge in [0.15, 0.2) is 0 Å². The fraction of sp³-hybridized carbons (Fsp3) is 0.0400. The molecule has 4 aromatic carbocycles. The van der Waals surface area contributed by atoms with Crippen molar-refractivity contribution in [2.24, 2.45) is 0 Å². The van der Waals surface area contributed by atoms with Crippen LogP contribution >= 0.6 is 13.5 Å². The van der Waals surface area contributed by atoms with E-state index in [0.29, 0.717) is 0 Å². The van der Waals surface area contributed by atoms with Gasteiger partial charge in [-0.2, -0.15) is 26.7 Å². The lowest BCUT2D eigenvalue weighted by Crippen LogP contribution is -1.86. The molecule has 0 unspecified atom stereocenters. The van der Waals surface area contributed by atoms with E-state index in [4.69, 9.17) is 4.74 Å². The van der Waals surface area contributed by atoms with Crippen LogP contribution in [-0.4, -0.2) is 6.68 Å². The normalized spacial score (nSPS) is 9.87. The molecule has 0 atom stereocenters. The van der Waals surface area contributed by atoms with Crippen LogP contribution in [0.5, 0.6) is 11.5 Å². The van der Waals surface area contributed by atoms with Gasteiger partial charge < -0.3 is 4.74 Å². The second-order valence-corrected chi connectivity index (χ2v) is 6.10. The average molecular weight is 427 g/mol. The first-order chi connectivity index (χ1) is 14.1. The first kappa shape index (κ1) is 23.1. The minimum Gasteiger partial charge on any atom is -0.457 e. The molecule has 4 aromatic rings. The van der Waals surface area contributed by atoms with Gasteiger partial charge in [0.25, 0.3) is 0 Å². The van der Waals surface area contributed by atoms with Crippen LogP contribution in [0.2, 0.25) is 0 Å². The lowest BCUT2D eigenvalue weighted by atomic mass is 9.95. The molecule has 0 aliphatic heterocycles. The van der Waals surface area contributed by atoms with Crippen molar-refractivity contribution in [1.82, 2.24) is 0 Å². The number of alkyl halides is 3. The van der Waals surface area contributed by atoms with Gasteiger partial charge >= 0.3 is 6.68 Å². The van der Waals surface area contributed by atoms with Crippen LogP contribution in [0.1, 0.15) is 0 Å². The SMILES string of the molecule is FC(F)F.S.c1ccc(Oc2ccc(-c3ccccc3-c3ccccc3)cc2)cc1. The van der Waals surface area contributed by atoms with Crippen LogP contribution in [0.3, 0.4) is 0 Å². The van der Waals surface area contributed by atoms with Crippen molar-refractivity contribution in [3.63, 3.8) is 0 Å². The van der Waals surface area contributed by atoms with Crippen LogP contribution < -0.4 is 4.74 Å². The Morgan fingerprint density at radius 2 is 0.833 bits per heavy atom. The Kier molecular flexibility index (Phi) is 9.03. The second kappa shape index (κ2) is 11.7. The summed E-state index contributed by atoms with van der Waals surface area (Å²) >= 11 is 0. The molecule has 0 saturated heterocycles. The molecule has 0 N–H and O–H groups in total. The monoisotopic (exact) mass is 426 g/mol. The van der Waals surface area contributed by atoms with Gasteiger partial charge in [-0.1, -0.05) is 84.9 Å². The largest absolute Gasteiger partial charge is 0.457 e. The lowest BCUT2D eigenvalue weighted by Gasteiger charge is -2.11. The van der Waals surface area contributed by atoms with Crippen LogP contribution in [0.4, 0.5) is 13.2 Å². The Morgan fingerprint density at radius 1 is 0.467 bits per heavy atom. The maximum atomic E-state index is 9.67. The van der Waals surface area contributed by atoms with Crippen LogP contribution in [-0.2, 0) is 0 Å². The topological polar surface area (TPSA) is 9.23 Å². The smallest absolute Gasteiger partial charge is 0.379 e. The van der Waals surface area contributed by atoms with Gasteiger partial charge in [-0.05, 0) is 46.5 Å². The molecule has 0 aromatic heterocycles. The molecule has 5 heteroatoms. The molecule has 154 valence electrons. The van der Waals surface area contributed by atoms with Gasteiger partial charge in [0, 0.05) is 0 Å². The lowest BCUT2D eigenvalue weighted by molar-refractivity contribution is 0.00819. The predicted octanol–water partition coefficient (Wildman–Crippen LogP) is 8.10. The molecule has 0 saturated carbocycles. The van der Waals surface area contributed by atoms with Crippen molar-refractivity contribution >= 4 is 13.5 Å². The van der Waals surface area contributed by atoms with Crippen molar-refractivity contribution < 1.29 is 17.9 Å². The Hall–Kier alpha value is -3.18. The molecule has 0 aliphatic rings. The number of hydrogen-bond acceptors (Lipinski definition) is 1.